The lowest BCUT2D eigenvalue weighted by Crippen LogP contribution is -2.53. The zero-order valence-corrected chi connectivity index (χ0v) is 19.1. The van der Waals surface area contributed by atoms with Crippen molar-refractivity contribution < 1.29 is 24.2 Å². The number of halogens is 3. The number of fused-ring (bicyclic) bond motifs is 2. The van der Waals surface area contributed by atoms with Crippen LogP contribution in [0.5, 0.6) is 5.75 Å². The van der Waals surface area contributed by atoms with Crippen LogP contribution in [0.15, 0.2) is 42.5 Å². The molecule has 0 saturated heterocycles. The predicted octanol–water partition coefficient (Wildman–Crippen LogP) is 4.29. The molecule has 0 radical (unpaired) electrons. The minimum atomic E-state index is -0.817. The maximum atomic E-state index is 13.1. The van der Waals surface area contributed by atoms with E-state index in [0.29, 0.717) is 24.2 Å². The first-order chi connectivity index (χ1) is 14.2. The lowest BCUT2D eigenvalue weighted by Gasteiger charge is -2.42. The molecule has 0 fully saturated rings. The highest BCUT2D eigenvalue weighted by Crippen LogP contribution is 2.42. The maximum absolute atomic E-state index is 13.1. The van der Waals surface area contributed by atoms with Crippen molar-refractivity contribution in [1.82, 2.24) is 5.32 Å². The summed E-state index contributed by atoms with van der Waals surface area (Å²) in [5, 5.41) is 25.8. The molecule has 5 nitrogen and oxygen atoms in total. The van der Waals surface area contributed by atoms with Crippen molar-refractivity contribution >= 4 is 34.9 Å². The molecule has 166 valence electrons. The molecule has 3 aromatic rings. The molecule has 1 aliphatic rings. The first-order valence-corrected chi connectivity index (χ1v) is 10.3. The van der Waals surface area contributed by atoms with E-state index in [1.807, 2.05) is 26.8 Å². The molecule has 0 saturated carbocycles. The van der Waals surface area contributed by atoms with E-state index in [1.165, 1.54) is 12.1 Å². The second-order valence-corrected chi connectivity index (χ2v) is 8.71. The molecule has 31 heavy (non-hydrogen) atoms. The van der Waals surface area contributed by atoms with Gasteiger partial charge in [-0.15, -0.1) is 12.4 Å². The van der Waals surface area contributed by atoms with Gasteiger partial charge in [0.15, 0.2) is 0 Å². The summed E-state index contributed by atoms with van der Waals surface area (Å²) in [6.07, 6.45) is -0.137. The summed E-state index contributed by atoms with van der Waals surface area (Å²) in [6, 6.07) is 11.4. The van der Waals surface area contributed by atoms with Crippen molar-refractivity contribution in [2.45, 2.75) is 44.9 Å². The van der Waals surface area contributed by atoms with Crippen molar-refractivity contribution in [3.8, 4) is 5.75 Å². The van der Waals surface area contributed by atoms with E-state index in [-0.39, 0.29) is 23.4 Å². The highest BCUT2D eigenvalue weighted by atomic mass is 35.5. The maximum Gasteiger partial charge on any atom is 0.326 e. The predicted molar refractivity (Wildman–Crippen MR) is 120 cm³/mol. The zero-order chi connectivity index (χ0) is 21.6. The quantitative estimate of drug-likeness (QED) is 0.304. The summed E-state index contributed by atoms with van der Waals surface area (Å²) in [4.78, 5) is 0. The summed E-state index contributed by atoms with van der Waals surface area (Å²) in [6.45, 7) is 6.19. The second-order valence-electron chi connectivity index (χ2n) is 8.33. The number of nitrogens with zero attached hydrogens (tertiary/aromatic N) is 1. The third-order valence-electron chi connectivity index (χ3n) is 5.75. The van der Waals surface area contributed by atoms with Gasteiger partial charge in [0.2, 0.25) is 0 Å². The Morgan fingerprint density at radius 1 is 1.19 bits per heavy atom. The van der Waals surface area contributed by atoms with Gasteiger partial charge in [0.1, 0.15) is 23.3 Å². The summed E-state index contributed by atoms with van der Waals surface area (Å²) in [5.74, 6) is 0.392. The molecule has 1 aliphatic heterocycles. The van der Waals surface area contributed by atoms with Crippen molar-refractivity contribution in [3.05, 3.63) is 70.1 Å². The van der Waals surface area contributed by atoms with Crippen molar-refractivity contribution in [2.75, 3.05) is 6.54 Å². The number of aryl methyl sites for hydroxylation is 1. The van der Waals surface area contributed by atoms with Gasteiger partial charge in [-0.2, -0.15) is 0 Å². The van der Waals surface area contributed by atoms with Gasteiger partial charge >= 0.3 is 5.15 Å². The van der Waals surface area contributed by atoms with E-state index < -0.39 is 17.7 Å². The van der Waals surface area contributed by atoms with Gasteiger partial charge in [-0.3, -0.25) is 5.21 Å². The van der Waals surface area contributed by atoms with E-state index in [1.54, 1.807) is 24.3 Å². The summed E-state index contributed by atoms with van der Waals surface area (Å²) >= 11 is 6.14. The molecular weight excluding hydrogens is 442 g/mol. The number of rotatable bonds is 4. The van der Waals surface area contributed by atoms with Gasteiger partial charge in [0.05, 0.1) is 11.4 Å². The lowest BCUT2D eigenvalue weighted by atomic mass is 9.85. The summed E-state index contributed by atoms with van der Waals surface area (Å²) in [5.41, 5.74) is 2.40. The fraction of sp³-hybridized carbons (Fsp3) is 0.348. The van der Waals surface area contributed by atoms with Crippen LogP contribution in [0, 0.1) is 12.7 Å². The molecule has 2 aromatic carbocycles. The van der Waals surface area contributed by atoms with Crippen LogP contribution < -0.4 is 14.8 Å². The summed E-state index contributed by atoms with van der Waals surface area (Å²) < 4.78 is 20.2. The molecule has 2 atom stereocenters. The molecule has 0 bridgehead atoms. The molecule has 1 aromatic heterocycles. The highest BCUT2D eigenvalue weighted by molar-refractivity contribution is 6.28. The Morgan fingerprint density at radius 2 is 1.87 bits per heavy atom. The Balaban J connectivity index is 0.00000272. The van der Waals surface area contributed by atoms with E-state index in [9.17, 15) is 14.7 Å². The largest absolute Gasteiger partial charge is 0.485 e. The van der Waals surface area contributed by atoms with Gasteiger partial charge in [-0.05, 0) is 74.7 Å². The number of hydrogen-bond donors (Lipinski definition) is 3. The van der Waals surface area contributed by atoms with Gasteiger partial charge in [0, 0.05) is 22.4 Å². The number of pyridine rings is 1. The van der Waals surface area contributed by atoms with Crippen LogP contribution >= 0.6 is 24.0 Å². The second kappa shape index (κ2) is 8.79. The van der Waals surface area contributed by atoms with Crippen LogP contribution in [0.4, 0.5) is 4.39 Å². The van der Waals surface area contributed by atoms with Crippen molar-refractivity contribution in [1.29, 1.82) is 0 Å². The van der Waals surface area contributed by atoms with Gasteiger partial charge in [-0.1, -0.05) is 12.1 Å². The molecule has 8 heteroatoms. The fourth-order valence-electron chi connectivity index (χ4n) is 4.00. The van der Waals surface area contributed by atoms with E-state index in [0.717, 1.165) is 26.8 Å². The zero-order valence-electron chi connectivity index (χ0n) is 17.5. The van der Waals surface area contributed by atoms with Gasteiger partial charge in [-0.25, -0.2) is 4.39 Å². The molecule has 0 aliphatic carbocycles. The van der Waals surface area contributed by atoms with E-state index in [4.69, 9.17) is 16.3 Å². The molecule has 4 rings (SSSR count). The fourth-order valence-corrected chi connectivity index (χ4v) is 4.25. The summed E-state index contributed by atoms with van der Waals surface area (Å²) in [7, 11) is 0. The Hall–Kier alpha value is -2.12. The molecule has 0 spiro atoms. The Labute approximate surface area is 191 Å². The van der Waals surface area contributed by atoms with Crippen molar-refractivity contribution in [3.63, 3.8) is 0 Å². The average molecular weight is 468 g/mol. The molecule has 0 unspecified atom stereocenters. The minimum absolute atomic E-state index is 0. The lowest BCUT2D eigenvalue weighted by molar-refractivity contribution is -0.882. The number of hydrogen-bond acceptors (Lipinski definition) is 4. The van der Waals surface area contributed by atoms with Gasteiger partial charge < -0.3 is 15.2 Å². The average Bonchev–Trinajstić information content (AvgIpc) is 2.69. The monoisotopic (exact) mass is 467 g/mol. The minimum Gasteiger partial charge on any atom is -0.485 e. The van der Waals surface area contributed by atoms with E-state index in [2.05, 4.69) is 5.32 Å². The number of nitrogens with one attached hydrogen (secondary N) is 1. The number of aromatic nitrogens is 1. The molecular formula is C23H26Cl2FN2O3+. The van der Waals surface area contributed by atoms with Crippen LogP contribution in [-0.4, -0.2) is 28.6 Å². The standard InChI is InChI=1S/C23H25ClFN2O3.ClH/c1-13-10-20(24)27(29)18-11-17-19(12-16(13)18)30-23(2,3)22(28)21(17)26-9-8-14-4-6-15(25)7-5-14;/h4-7,10-12,21-22,26,28-29H,8-9H2,1-3H3;1H/q+1;/t21-,22+;/m0./s1. The van der Waals surface area contributed by atoms with E-state index >= 15 is 0 Å². The van der Waals surface area contributed by atoms with Crippen LogP contribution in [0.2, 0.25) is 5.15 Å². The van der Waals surface area contributed by atoms with Crippen LogP contribution in [0.1, 0.15) is 36.6 Å². The number of ether oxygens (including phenoxy) is 1. The topological polar surface area (TPSA) is 65.6 Å². The third-order valence-corrected chi connectivity index (χ3v) is 6.02. The Kier molecular flexibility index (Phi) is 6.67. The normalized spacial score (nSPS) is 19.4. The van der Waals surface area contributed by atoms with Gasteiger partial charge in [0.25, 0.3) is 5.52 Å². The number of aliphatic hydroxyl groups excluding tert-OH is 1. The first kappa shape index (κ1) is 23.5. The molecule has 0 amide bonds. The number of benzene rings is 2. The molecule has 2 heterocycles. The molecule has 3 N–H and O–H groups in total. The SMILES string of the molecule is Cc1cc(Cl)[n+](O)c2cc3c(cc12)OC(C)(C)[C@H](O)[C@H]3NCCc1ccc(F)cc1.Cl. The van der Waals surface area contributed by atoms with Crippen molar-refractivity contribution in [2.24, 2.45) is 0 Å². The highest BCUT2D eigenvalue weighted by Gasteiger charge is 2.43. The van der Waals surface area contributed by atoms with Crippen LogP contribution in [0.25, 0.3) is 10.9 Å². The smallest absolute Gasteiger partial charge is 0.326 e. The number of aliphatic hydroxyl groups is 1. The third kappa shape index (κ3) is 4.44. The Bertz CT molecular complexity index is 1110. The Morgan fingerprint density at radius 3 is 2.55 bits per heavy atom. The van der Waals surface area contributed by atoms with Crippen LogP contribution in [-0.2, 0) is 6.42 Å². The first-order valence-electron chi connectivity index (χ1n) is 9.90. The van der Waals surface area contributed by atoms with Crippen LogP contribution in [0.3, 0.4) is 0 Å².